The number of amides is 1. The van der Waals surface area contributed by atoms with Crippen LogP contribution < -0.4 is 10.1 Å². The summed E-state index contributed by atoms with van der Waals surface area (Å²) in [6.07, 6.45) is 6.12. The second-order valence-electron chi connectivity index (χ2n) is 8.78. The molecule has 140 valence electrons. The van der Waals surface area contributed by atoms with Gasteiger partial charge in [-0.3, -0.25) is 9.59 Å². The lowest BCUT2D eigenvalue weighted by Gasteiger charge is -2.61. The van der Waals surface area contributed by atoms with E-state index in [9.17, 15) is 9.59 Å². The van der Waals surface area contributed by atoms with Gasteiger partial charge in [-0.1, -0.05) is 12.1 Å². The molecule has 5 rings (SSSR count). The molecule has 5 heteroatoms. The molecule has 4 aliphatic rings. The minimum absolute atomic E-state index is 0.0418. The summed E-state index contributed by atoms with van der Waals surface area (Å²) >= 11 is 0. The van der Waals surface area contributed by atoms with Gasteiger partial charge in [-0.2, -0.15) is 0 Å². The Morgan fingerprint density at radius 1 is 1.15 bits per heavy atom. The maximum atomic E-state index is 13.1. The molecule has 0 saturated heterocycles. The Hall–Kier alpha value is -2.04. The molecular formula is C21H27NO4. The lowest BCUT2D eigenvalue weighted by Crippen LogP contribution is -2.60. The number of carbonyl (C=O) groups is 2. The molecule has 4 saturated carbocycles. The fraction of sp³-hybridized carbons (Fsp3) is 0.619. The first-order valence-electron chi connectivity index (χ1n) is 9.54. The molecule has 0 spiro atoms. The average molecular weight is 357 g/mol. The third kappa shape index (κ3) is 2.68. The number of carboxylic acids is 1. The van der Waals surface area contributed by atoms with Crippen LogP contribution in [0.2, 0.25) is 0 Å². The summed E-state index contributed by atoms with van der Waals surface area (Å²) in [5.41, 5.74) is 0.935. The summed E-state index contributed by atoms with van der Waals surface area (Å²) in [6, 6.07) is 7.47. The van der Waals surface area contributed by atoms with Gasteiger partial charge in [0.25, 0.3) is 0 Å². The Morgan fingerprint density at radius 2 is 1.77 bits per heavy atom. The Kier molecular flexibility index (Phi) is 4.01. The summed E-state index contributed by atoms with van der Waals surface area (Å²) in [5, 5.41) is 11.9. The summed E-state index contributed by atoms with van der Waals surface area (Å²) < 4.78 is 5.29. The summed E-state index contributed by atoms with van der Waals surface area (Å²) in [7, 11) is 1.67. The number of carbonyl (C=O) groups excluding carboxylic acids is 1. The van der Waals surface area contributed by atoms with E-state index < -0.39 is 17.4 Å². The van der Waals surface area contributed by atoms with Crippen molar-refractivity contribution in [2.75, 3.05) is 7.11 Å². The van der Waals surface area contributed by atoms with Crippen molar-refractivity contribution in [1.29, 1.82) is 0 Å². The van der Waals surface area contributed by atoms with Crippen LogP contribution in [0.15, 0.2) is 24.3 Å². The highest BCUT2D eigenvalue weighted by Gasteiger charge is 2.61. The van der Waals surface area contributed by atoms with Crippen LogP contribution in [0, 0.1) is 17.3 Å². The molecule has 26 heavy (non-hydrogen) atoms. The lowest BCUT2D eigenvalue weighted by molar-refractivity contribution is -0.153. The van der Waals surface area contributed by atoms with Crippen LogP contribution in [0.4, 0.5) is 0 Å². The highest BCUT2D eigenvalue weighted by molar-refractivity contribution is 5.87. The minimum atomic E-state index is -0.979. The number of rotatable bonds is 5. The minimum Gasteiger partial charge on any atom is -0.497 e. The van der Waals surface area contributed by atoms with E-state index in [1.807, 2.05) is 12.1 Å². The average Bonchev–Trinajstić information content (AvgIpc) is 2.60. The van der Waals surface area contributed by atoms with Gasteiger partial charge in [0, 0.05) is 0 Å². The van der Waals surface area contributed by atoms with Crippen LogP contribution in [-0.4, -0.2) is 30.1 Å². The van der Waals surface area contributed by atoms with Crippen LogP contribution in [0.3, 0.4) is 0 Å². The van der Waals surface area contributed by atoms with Crippen molar-refractivity contribution < 1.29 is 19.4 Å². The Morgan fingerprint density at radius 3 is 2.31 bits per heavy atom. The molecule has 0 radical (unpaired) electrons. The van der Waals surface area contributed by atoms with Crippen molar-refractivity contribution in [3.63, 3.8) is 0 Å². The molecule has 1 amide bonds. The second-order valence-corrected chi connectivity index (χ2v) is 8.78. The zero-order chi connectivity index (χ0) is 18.5. The van der Waals surface area contributed by atoms with Crippen LogP contribution in [0.1, 0.15) is 51.0 Å². The molecule has 1 aromatic carbocycles. The predicted octanol–water partition coefficient (Wildman–Crippen LogP) is 3.12. The Bertz CT molecular complexity index is 712. The van der Waals surface area contributed by atoms with Crippen molar-refractivity contribution in [1.82, 2.24) is 5.32 Å². The molecule has 0 aliphatic heterocycles. The van der Waals surface area contributed by atoms with Gasteiger partial charge in [0.1, 0.15) is 11.8 Å². The van der Waals surface area contributed by atoms with E-state index in [1.54, 1.807) is 14.0 Å². The van der Waals surface area contributed by atoms with E-state index >= 15 is 0 Å². The highest BCUT2D eigenvalue weighted by Crippen LogP contribution is 2.65. The van der Waals surface area contributed by atoms with Crippen molar-refractivity contribution in [3.8, 4) is 5.75 Å². The fourth-order valence-corrected chi connectivity index (χ4v) is 6.22. The molecule has 4 fully saturated rings. The fourth-order valence-electron chi connectivity index (χ4n) is 6.22. The first kappa shape index (κ1) is 17.4. The number of nitrogens with one attached hydrogen (secondary N) is 1. The van der Waals surface area contributed by atoms with Gasteiger partial charge in [-0.05, 0) is 80.4 Å². The molecule has 1 aromatic rings. The molecule has 4 aliphatic carbocycles. The summed E-state index contributed by atoms with van der Waals surface area (Å²) in [4.78, 5) is 24.3. The maximum absolute atomic E-state index is 13.1. The molecule has 4 bridgehead atoms. The van der Waals surface area contributed by atoms with Gasteiger partial charge in [0.05, 0.1) is 12.5 Å². The SMILES string of the molecule is COc1ccc(C23CC4CC(CC(C(=O)N[C@H](C)C(=O)O)(C4)C2)C3)cc1. The van der Waals surface area contributed by atoms with Crippen LogP contribution in [0.5, 0.6) is 5.75 Å². The van der Waals surface area contributed by atoms with Crippen LogP contribution >= 0.6 is 0 Å². The summed E-state index contributed by atoms with van der Waals surface area (Å²) in [5.74, 6) is 0.932. The zero-order valence-corrected chi connectivity index (χ0v) is 15.5. The van der Waals surface area contributed by atoms with Gasteiger partial charge in [0.2, 0.25) is 5.91 Å². The summed E-state index contributed by atoms with van der Waals surface area (Å²) in [6.45, 7) is 1.54. The van der Waals surface area contributed by atoms with Gasteiger partial charge >= 0.3 is 5.97 Å². The van der Waals surface area contributed by atoms with Gasteiger partial charge < -0.3 is 15.2 Å². The molecule has 3 atom stereocenters. The predicted molar refractivity (Wildman–Crippen MR) is 97.0 cm³/mol. The zero-order valence-electron chi connectivity index (χ0n) is 15.5. The number of methoxy groups -OCH3 is 1. The smallest absolute Gasteiger partial charge is 0.325 e. The van der Waals surface area contributed by atoms with Gasteiger partial charge in [0.15, 0.2) is 0 Å². The number of ether oxygens (including phenoxy) is 1. The number of hydrogen-bond donors (Lipinski definition) is 2. The van der Waals surface area contributed by atoms with E-state index in [1.165, 1.54) is 12.0 Å². The number of aliphatic carboxylic acids is 1. The van der Waals surface area contributed by atoms with Crippen molar-refractivity contribution in [2.45, 2.75) is 56.9 Å². The van der Waals surface area contributed by atoms with E-state index in [-0.39, 0.29) is 11.3 Å². The lowest BCUT2D eigenvalue weighted by atomic mass is 9.42. The molecule has 0 aromatic heterocycles. The molecule has 5 nitrogen and oxygen atoms in total. The third-order valence-corrected chi connectivity index (χ3v) is 6.96. The van der Waals surface area contributed by atoms with Crippen LogP contribution in [-0.2, 0) is 15.0 Å². The van der Waals surface area contributed by atoms with Crippen molar-refractivity contribution in [3.05, 3.63) is 29.8 Å². The molecule has 2 unspecified atom stereocenters. The number of hydrogen-bond acceptors (Lipinski definition) is 3. The topological polar surface area (TPSA) is 75.6 Å². The Labute approximate surface area is 154 Å². The maximum Gasteiger partial charge on any atom is 0.325 e. The molecule has 0 heterocycles. The van der Waals surface area contributed by atoms with Crippen LogP contribution in [0.25, 0.3) is 0 Å². The largest absolute Gasteiger partial charge is 0.497 e. The normalized spacial score (nSPS) is 35.8. The van der Waals surface area contributed by atoms with E-state index in [0.717, 1.165) is 37.9 Å². The number of benzene rings is 1. The van der Waals surface area contributed by atoms with Gasteiger partial charge in [-0.25, -0.2) is 0 Å². The second kappa shape index (κ2) is 6.00. The van der Waals surface area contributed by atoms with E-state index in [2.05, 4.69) is 17.4 Å². The molecular weight excluding hydrogens is 330 g/mol. The standard InChI is InChI=1S/C21H27NO4/c1-13(18(23)24)22-19(25)21-10-14-7-15(11-21)9-20(8-14,12-21)16-3-5-17(26-2)6-4-16/h3-6,13-15H,7-12H2,1-2H3,(H,22,25)(H,23,24)/t13-,14?,15?,20?,21?/m1/s1. The molecule has 2 N–H and O–H groups in total. The monoisotopic (exact) mass is 357 g/mol. The first-order valence-corrected chi connectivity index (χ1v) is 9.54. The van der Waals surface area contributed by atoms with Crippen molar-refractivity contribution >= 4 is 11.9 Å². The Balaban J connectivity index is 1.64. The van der Waals surface area contributed by atoms with Gasteiger partial charge in [-0.15, -0.1) is 0 Å². The number of carboxylic acid groups (broad SMARTS) is 1. The quantitative estimate of drug-likeness (QED) is 0.849. The van der Waals surface area contributed by atoms with Crippen molar-refractivity contribution in [2.24, 2.45) is 17.3 Å². The third-order valence-electron chi connectivity index (χ3n) is 6.96. The first-order chi connectivity index (χ1) is 12.4. The highest BCUT2D eigenvalue weighted by atomic mass is 16.5. The van der Waals surface area contributed by atoms with E-state index in [4.69, 9.17) is 9.84 Å². The van der Waals surface area contributed by atoms with E-state index in [0.29, 0.717) is 11.8 Å².